The predicted molar refractivity (Wildman–Crippen MR) is 85.9 cm³/mol. The molecule has 0 radical (unpaired) electrons. The van der Waals surface area contributed by atoms with Crippen LogP contribution in [0.5, 0.6) is 0 Å². The first-order chi connectivity index (χ1) is 9.85. The van der Waals surface area contributed by atoms with E-state index in [1.165, 1.54) is 25.7 Å². The highest BCUT2D eigenvalue weighted by Gasteiger charge is 2.41. The fraction of sp³-hybridized carbons (Fsp3) is 0.706. The van der Waals surface area contributed by atoms with Crippen LogP contribution in [0.4, 0.5) is 10.2 Å². The Bertz CT molecular complexity index is 475. The van der Waals surface area contributed by atoms with Gasteiger partial charge in [-0.2, -0.15) is 0 Å². The standard InChI is InChI=1S/C17H28FN3/c1-5-7-17(8-9-17)12-20-15-14(18)13(6-10-19-15)11-21-16(2,3)4/h6,10,21H,5,7-9,11-12H2,1-4H3,(H,19,20). The molecule has 2 rings (SSSR count). The number of nitrogens with one attached hydrogen (secondary N) is 2. The smallest absolute Gasteiger partial charge is 0.169 e. The lowest BCUT2D eigenvalue weighted by Crippen LogP contribution is -2.35. The SMILES string of the molecule is CCCC1(CNc2nccc(CNC(C)(C)C)c2F)CC1. The number of halogens is 1. The third kappa shape index (κ3) is 4.67. The van der Waals surface area contributed by atoms with Gasteiger partial charge in [-0.15, -0.1) is 0 Å². The van der Waals surface area contributed by atoms with E-state index < -0.39 is 0 Å². The van der Waals surface area contributed by atoms with Crippen molar-refractivity contribution in [2.75, 3.05) is 11.9 Å². The van der Waals surface area contributed by atoms with E-state index in [1.54, 1.807) is 12.3 Å². The van der Waals surface area contributed by atoms with E-state index in [0.717, 1.165) is 6.54 Å². The lowest BCUT2D eigenvalue weighted by atomic mass is 10.0. The molecule has 1 aliphatic rings. The van der Waals surface area contributed by atoms with Crippen molar-refractivity contribution in [1.29, 1.82) is 0 Å². The quantitative estimate of drug-likeness (QED) is 0.794. The van der Waals surface area contributed by atoms with Gasteiger partial charge in [0.15, 0.2) is 11.6 Å². The minimum absolute atomic E-state index is 0.0253. The van der Waals surface area contributed by atoms with Crippen molar-refractivity contribution in [3.05, 3.63) is 23.6 Å². The molecule has 118 valence electrons. The fourth-order valence-electron chi connectivity index (χ4n) is 2.60. The molecular weight excluding hydrogens is 265 g/mol. The molecular formula is C17H28FN3. The lowest BCUT2D eigenvalue weighted by molar-refractivity contribution is 0.418. The molecule has 0 amide bonds. The highest BCUT2D eigenvalue weighted by Crippen LogP contribution is 2.49. The number of hydrogen-bond donors (Lipinski definition) is 2. The third-order valence-electron chi connectivity index (χ3n) is 4.15. The topological polar surface area (TPSA) is 37.0 Å². The molecule has 1 heterocycles. The molecule has 3 nitrogen and oxygen atoms in total. The summed E-state index contributed by atoms with van der Waals surface area (Å²) in [5.74, 6) is 0.173. The van der Waals surface area contributed by atoms with E-state index in [-0.39, 0.29) is 11.4 Å². The van der Waals surface area contributed by atoms with Gasteiger partial charge in [-0.05, 0) is 51.5 Å². The summed E-state index contributed by atoms with van der Waals surface area (Å²) in [4.78, 5) is 4.16. The van der Waals surface area contributed by atoms with Crippen LogP contribution in [0.3, 0.4) is 0 Å². The summed E-state index contributed by atoms with van der Waals surface area (Å²) in [5, 5.41) is 6.54. The Morgan fingerprint density at radius 1 is 1.33 bits per heavy atom. The summed E-state index contributed by atoms with van der Waals surface area (Å²) < 4.78 is 14.5. The van der Waals surface area contributed by atoms with Crippen molar-refractivity contribution in [3.8, 4) is 0 Å². The summed E-state index contributed by atoms with van der Waals surface area (Å²) >= 11 is 0. The Hall–Kier alpha value is -1.16. The van der Waals surface area contributed by atoms with Gasteiger partial charge < -0.3 is 10.6 Å². The van der Waals surface area contributed by atoms with Crippen LogP contribution in [0.25, 0.3) is 0 Å². The zero-order valence-corrected chi connectivity index (χ0v) is 13.7. The molecule has 0 aliphatic heterocycles. The zero-order chi connectivity index (χ0) is 15.5. The van der Waals surface area contributed by atoms with Gasteiger partial charge in [-0.25, -0.2) is 9.37 Å². The maximum absolute atomic E-state index is 14.5. The molecule has 1 saturated carbocycles. The van der Waals surface area contributed by atoms with Gasteiger partial charge in [-0.3, -0.25) is 0 Å². The highest BCUT2D eigenvalue weighted by atomic mass is 19.1. The molecule has 1 aromatic rings. The van der Waals surface area contributed by atoms with Crippen molar-refractivity contribution in [1.82, 2.24) is 10.3 Å². The molecule has 0 bridgehead atoms. The second-order valence-corrected chi connectivity index (χ2v) is 7.34. The fourth-order valence-corrected chi connectivity index (χ4v) is 2.60. The number of nitrogens with zero attached hydrogens (tertiary/aromatic N) is 1. The van der Waals surface area contributed by atoms with Crippen molar-refractivity contribution in [3.63, 3.8) is 0 Å². The molecule has 0 saturated heterocycles. The summed E-state index contributed by atoms with van der Waals surface area (Å²) in [6.07, 6.45) is 6.59. The first-order valence-electron chi connectivity index (χ1n) is 7.97. The molecule has 1 fully saturated rings. The second-order valence-electron chi connectivity index (χ2n) is 7.34. The maximum Gasteiger partial charge on any atom is 0.169 e. The largest absolute Gasteiger partial charge is 0.367 e. The number of hydrogen-bond acceptors (Lipinski definition) is 3. The van der Waals surface area contributed by atoms with Crippen LogP contribution in [0.1, 0.15) is 58.9 Å². The van der Waals surface area contributed by atoms with E-state index in [2.05, 4.69) is 43.3 Å². The molecule has 0 aromatic carbocycles. The van der Waals surface area contributed by atoms with Crippen LogP contribution in [0.15, 0.2) is 12.3 Å². The molecule has 2 N–H and O–H groups in total. The van der Waals surface area contributed by atoms with Crippen LogP contribution in [-0.2, 0) is 6.54 Å². The van der Waals surface area contributed by atoms with Crippen molar-refractivity contribution in [2.24, 2.45) is 5.41 Å². The average molecular weight is 293 g/mol. The van der Waals surface area contributed by atoms with Gasteiger partial charge >= 0.3 is 0 Å². The molecule has 0 atom stereocenters. The van der Waals surface area contributed by atoms with Crippen LogP contribution < -0.4 is 10.6 Å². The Labute approximate surface area is 127 Å². The molecule has 21 heavy (non-hydrogen) atoms. The van der Waals surface area contributed by atoms with Gasteiger partial charge in [0.25, 0.3) is 0 Å². The number of rotatable bonds is 7. The molecule has 1 aliphatic carbocycles. The Morgan fingerprint density at radius 3 is 2.62 bits per heavy atom. The minimum atomic E-state index is -0.221. The number of aromatic nitrogens is 1. The normalized spacial score (nSPS) is 16.8. The van der Waals surface area contributed by atoms with Crippen LogP contribution >= 0.6 is 0 Å². The van der Waals surface area contributed by atoms with Crippen molar-refractivity contribution in [2.45, 2.75) is 65.5 Å². The Morgan fingerprint density at radius 2 is 2.05 bits per heavy atom. The van der Waals surface area contributed by atoms with E-state index in [0.29, 0.717) is 23.3 Å². The van der Waals surface area contributed by atoms with Gasteiger partial charge in [0.1, 0.15) is 0 Å². The monoisotopic (exact) mass is 293 g/mol. The summed E-state index contributed by atoms with van der Waals surface area (Å²) in [6, 6.07) is 1.75. The Balaban J connectivity index is 1.97. The molecule has 1 aromatic heterocycles. The van der Waals surface area contributed by atoms with Crippen LogP contribution in [0.2, 0.25) is 0 Å². The summed E-state index contributed by atoms with van der Waals surface area (Å²) in [5.41, 5.74) is 1.04. The molecule has 0 spiro atoms. The summed E-state index contributed by atoms with van der Waals surface area (Å²) in [6.45, 7) is 9.79. The maximum atomic E-state index is 14.5. The lowest BCUT2D eigenvalue weighted by Gasteiger charge is -2.21. The highest BCUT2D eigenvalue weighted by molar-refractivity contribution is 5.40. The number of pyridine rings is 1. The van der Waals surface area contributed by atoms with Gasteiger partial charge in [0.05, 0.1) is 0 Å². The average Bonchev–Trinajstić information content (AvgIpc) is 3.16. The number of anilines is 1. The van der Waals surface area contributed by atoms with Gasteiger partial charge in [0.2, 0.25) is 0 Å². The predicted octanol–water partition coefficient (Wildman–Crippen LogP) is 4.10. The first kappa shape index (κ1) is 16.2. The van der Waals surface area contributed by atoms with Crippen molar-refractivity contribution < 1.29 is 4.39 Å². The second kappa shape index (κ2) is 6.30. The van der Waals surface area contributed by atoms with E-state index in [4.69, 9.17) is 0 Å². The first-order valence-corrected chi connectivity index (χ1v) is 7.97. The van der Waals surface area contributed by atoms with E-state index in [9.17, 15) is 4.39 Å². The zero-order valence-electron chi connectivity index (χ0n) is 13.7. The third-order valence-corrected chi connectivity index (χ3v) is 4.15. The van der Waals surface area contributed by atoms with E-state index >= 15 is 0 Å². The minimum Gasteiger partial charge on any atom is -0.367 e. The van der Waals surface area contributed by atoms with E-state index in [1.807, 2.05) is 0 Å². The van der Waals surface area contributed by atoms with Gasteiger partial charge in [-0.1, -0.05) is 13.3 Å². The summed E-state index contributed by atoms with van der Waals surface area (Å²) in [7, 11) is 0. The van der Waals surface area contributed by atoms with Crippen LogP contribution in [-0.4, -0.2) is 17.1 Å². The Kier molecular flexibility index (Phi) is 4.87. The molecule has 4 heteroatoms. The van der Waals surface area contributed by atoms with Crippen molar-refractivity contribution >= 4 is 5.82 Å². The molecule has 0 unspecified atom stereocenters. The van der Waals surface area contributed by atoms with Gasteiger partial charge in [0, 0.05) is 30.4 Å². The van der Waals surface area contributed by atoms with Crippen LogP contribution in [0, 0.1) is 11.2 Å².